The van der Waals surface area contributed by atoms with E-state index >= 15 is 0 Å². The molecule has 0 unspecified atom stereocenters. The van der Waals surface area contributed by atoms with Crippen molar-refractivity contribution in [3.8, 4) is 5.69 Å². The fourth-order valence-electron chi connectivity index (χ4n) is 2.91. The van der Waals surface area contributed by atoms with Gasteiger partial charge in [0.05, 0.1) is 6.21 Å². The fourth-order valence-corrected chi connectivity index (χ4v) is 4.05. The first-order valence-electron chi connectivity index (χ1n) is 8.99. The molecule has 144 valence electrons. The molecule has 1 heterocycles. The van der Waals surface area contributed by atoms with Crippen molar-refractivity contribution in [3.05, 3.63) is 82.1 Å². The van der Waals surface area contributed by atoms with Crippen LogP contribution in [0.4, 0.5) is 0 Å². The summed E-state index contributed by atoms with van der Waals surface area (Å²) in [5.74, 6) is 0.644. The zero-order valence-corrected chi connectivity index (χ0v) is 18.3. The lowest BCUT2D eigenvalue weighted by molar-refractivity contribution is -0.120. The van der Waals surface area contributed by atoms with Crippen molar-refractivity contribution in [2.24, 2.45) is 5.10 Å². The molecule has 1 N–H and O–H groups in total. The highest BCUT2D eigenvalue weighted by molar-refractivity contribution is 9.10. The van der Waals surface area contributed by atoms with E-state index in [0.717, 1.165) is 32.9 Å². The number of aryl methyl sites for hydroxylation is 1. The minimum absolute atomic E-state index is 0.0820. The third-order valence-corrected chi connectivity index (χ3v) is 5.83. The third kappa shape index (κ3) is 5.36. The summed E-state index contributed by atoms with van der Waals surface area (Å²) in [7, 11) is 0. The van der Waals surface area contributed by atoms with Gasteiger partial charge < -0.3 is 4.57 Å². The Morgan fingerprint density at radius 2 is 1.86 bits per heavy atom. The van der Waals surface area contributed by atoms with Gasteiger partial charge in [0, 0.05) is 44.2 Å². The molecule has 0 saturated heterocycles. The van der Waals surface area contributed by atoms with Crippen LogP contribution in [-0.2, 0) is 4.79 Å². The van der Waals surface area contributed by atoms with Gasteiger partial charge in [0.2, 0.25) is 5.91 Å². The van der Waals surface area contributed by atoms with Gasteiger partial charge in [-0.2, -0.15) is 5.10 Å². The number of aromatic nitrogens is 1. The predicted molar refractivity (Wildman–Crippen MR) is 120 cm³/mol. The van der Waals surface area contributed by atoms with E-state index in [1.54, 1.807) is 18.0 Å². The van der Waals surface area contributed by atoms with Gasteiger partial charge in [0.1, 0.15) is 0 Å². The number of benzene rings is 2. The van der Waals surface area contributed by atoms with E-state index in [-0.39, 0.29) is 5.91 Å². The lowest BCUT2D eigenvalue weighted by Gasteiger charge is -2.09. The van der Waals surface area contributed by atoms with Crippen LogP contribution in [0.5, 0.6) is 0 Å². The van der Waals surface area contributed by atoms with Crippen LogP contribution in [-0.4, -0.2) is 22.4 Å². The van der Waals surface area contributed by atoms with Crippen LogP contribution in [0.25, 0.3) is 5.69 Å². The Hall–Kier alpha value is -2.31. The summed E-state index contributed by atoms with van der Waals surface area (Å²) >= 11 is 5.13. The van der Waals surface area contributed by atoms with Gasteiger partial charge in [0.25, 0.3) is 0 Å². The van der Waals surface area contributed by atoms with Gasteiger partial charge in [-0.3, -0.25) is 4.79 Å². The zero-order chi connectivity index (χ0) is 19.9. The Morgan fingerprint density at radius 1 is 1.14 bits per heavy atom. The lowest BCUT2D eigenvalue weighted by Crippen LogP contribution is -2.17. The van der Waals surface area contributed by atoms with Gasteiger partial charge in [-0.25, -0.2) is 5.43 Å². The van der Waals surface area contributed by atoms with Crippen LogP contribution in [0.1, 0.15) is 23.4 Å². The molecule has 0 radical (unpaired) electrons. The largest absolute Gasteiger partial charge is 0.318 e. The van der Waals surface area contributed by atoms with Crippen molar-refractivity contribution in [1.29, 1.82) is 0 Å². The maximum atomic E-state index is 12.0. The number of carbonyl (C=O) groups excluding carboxylic acids is 1. The molecule has 0 aliphatic carbocycles. The Balaban J connectivity index is 1.56. The van der Waals surface area contributed by atoms with Gasteiger partial charge in [-0.05, 0) is 56.3 Å². The number of nitrogens with one attached hydrogen (secondary N) is 1. The number of carbonyl (C=O) groups is 1. The topological polar surface area (TPSA) is 46.4 Å². The lowest BCUT2D eigenvalue weighted by atomic mass is 10.2. The average molecular weight is 456 g/mol. The highest BCUT2D eigenvalue weighted by Crippen LogP contribution is 2.21. The molecule has 0 atom stereocenters. The number of amides is 1. The quantitative estimate of drug-likeness (QED) is 0.290. The van der Waals surface area contributed by atoms with Crippen LogP contribution in [0.15, 0.2) is 75.1 Å². The highest BCUT2D eigenvalue weighted by atomic mass is 79.9. The first-order valence-corrected chi connectivity index (χ1v) is 10.8. The summed E-state index contributed by atoms with van der Waals surface area (Å²) in [5.41, 5.74) is 6.90. The van der Waals surface area contributed by atoms with Crippen molar-refractivity contribution in [2.75, 3.05) is 5.75 Å². The van der Waals surface area contributed by atoms with Crippen LogP contribution in [0.2, 0.25) is 0 Å². The standard InChI is InChI=1S/C22H22BrN3OS/c1-16-14-18(17(2)26(16)20-10-8-19(23)9-11-20)15-24-25-22(27)12-13-28-21-6-4-3-5-7-21/h3-11,14-15H,12-13H2,1-2H3,(H,25,27)/b24-15-. The van der Waals surface area contributed by atoms with Gasteiger partial charge >= 0.3 is 0 Å². The number of rotatable bonds is 7. The van der Waals surface area contributed by atoms with Gasteiger partial charge in [0.15, 0.2) is 0 Å². The van der Waals surface area contributed by atoms with E-state index in [1.165, 1.54) is 4.90 Å². The summed E-state index contributed by atoms with van der Waals surface area (Å²) < 4.78 is 3.22. The van der Waals surface area contributed by atoms with Crippen LogP contribution >= 0.6 is 27.7 Å². The van der Waals surface area contributed by atoms with Crippen molar-refractivity contribution in [2.45, 2.75) is 25.2 Å². The third-order valence-electron chi connectivity index (χ3n) is 4.29. The maximum Gasteiger partial charge on any atom is 0.240 e. The Labute approximate surface area is 178 Å². The number of halogens is 1. The Kier molecular flexibility index (Phi) is 7.12. The summed E-state index contributed by atoms with van der Waals surface area (Å²) in [5, 5.41) is 4.14. The molecule has 0 saturated carbocycles. The zero-order valence-electron chi connectivity index (χ0n) is 15.9. The molecule has 3 rings (SSSR count). The monoisotopic (exact) mass is 455 g/mol. The molecule has 4 nitrogen and oxygen atoms in total. The molecule has 0 spiro atoms. The number of thioether (sulfide) groups is 1. The molecular weight excluding hydrogens is 434 g/mol. The Bertz CT molecular complexity index is 965. The molecule has 1 aromatic heterocycles. The molecule has 0 bridgehead atoms. The second-order valence-electron chi connectivity index (χ2n) is 6.34. The predicted octanol–water partition coefficient (Wildman–Crippen LogP) is 5.49. The summed E-state index contributed by atoms with van der Waals surface area (Å²) in [6.45, 7) is 4.11. The summed E-state index contributed by atoms with van der Waals surface area (Å²) in [6.07, 6.45) is 2.13. The van der Waals surface area contributed by atoms with Crippen LogP contribution in [0.3, 0.4) is 0 Å². The number of hydrazone groups is 1. The summed E-state index contributed by atoms with van der Waals surface area (Å²) in [6, 6.07) is 20.3. The minimum atomic E-state index is -0.0820. The van der Waals surface area contributed by atoms with Crippen molar-refractivity contribution in [3.63, 3.8) is 0 Å². The number of hydrogen-bond acceptors (Lipinski definition) is 3. The Morgan fingerprint density at radius 3 is 2.57 bits per heavy atom. The number of nitrogens with zero attached hydrogens (tertiary/aromatic N) is 2. The first kappa shape index (κ1) is 20.4. The van der Waals surface area contributed by atoms with Crippen LogP contribution in [0, 0.1) is 13.8 Å². The maximum absolute atomic E-state index is 12.0. The smallest absolute Gasteiger partial charge is 0.240 e. The molecule has 6 heteroatoms. The highest BCUT2D eigenvalue weighted by Gasteiger charge is 2.09. The fraction of sp³-hybridized carbons (Fsp3) is 0.182. The van der Waals surface area contributed by atoms with Crippen molar-refractivity contribution < 1.29 is 4.79 Å². The first-order chi connectivity index (χ1) is 13.5. The SMILES string of the molecule is Cc1cc(/C=N\NC(=O)CCSc2ccccc2)c(C)n1-c1ccc(Br)cc1. The van der Waals surface area contributed by atoms with Crippen molar-refractivity contribution in [1.82, 2.24) is 9.99 Å². The van der Waals surface area contributed by atoms with E-state index < -0.39 is 0 Å². The summed E-state index contributed by atoms with van der Waals surface area (Å²) in [4.78, 5) is 13.2. The van der Waals surface area contributed by atoms with Gasteiger partial charge in [-0.15, -0.1) is 11.8 Å². The average Bonchev–Trinajstić information content (AvgIpc) is 2.97. The normalized spacial score (nSPS) is 11.1. The minimum Gasteiger partial charge on any atom is -0.318 e. The second-order valence-corrected chi connectivity index (χ2v) is 8.43. The molecular formula is C22H22BrN3OS. The molecule has 1 amide bonds. The number of hydrogen-bond donors (Lipinski definition) is 1. The van der Waals surface area contributed by atoms with E-state index in [4.69, 9.17) is 0 Å². The molecule has 28 heavy (non-hydrogen) atoms. The van der Waals surface area contributed by atoms with Gasteiger partial charge in [-0.1, -0.05) is 34.1 Å². The second kappa shape index (κ2) is 9.75. The van der Waals surface area contributed by atoms with Crippen LogP contribution < -0.4 is 5.43 Å². The van der Waals surface area contributed by atoms with E-state index in [9.17, 15) is 4.79 Å². The molecule has 2 aromatic carbocycles. The molecule has 0 aliphatic heterocycles. The molecule has 0 aliphatic rings. The van der Waals surface area contributed by atoms with E-state index in [2.05, 4.69) is 63.1 Å². The van der Waals surface area contributed by atoms with Crippen molar-refractivity contribution >= 4 is 39.8 Å². The van der Waals surface area contributed by atoms with E-state index in [1.807, 2.05) is 42.5 Å². The molecule has 3 aromatic rings. The molecule has 0 fully saturated rings. The van der Waals surface area contributed by atoms with E-state index in [0.29, 0.717) is 6.42 Å².